The summed E-state index contributed by atoms with van der Waals surface area (Å²) in [5.74, 6) is 0.597. The van der Waals surface area contributed by atoms with E-state index in [2.05, 4.69) is 4.72 Å². The number of aryl methyl sites for hydroxylation is 1. The largest absolute Gasteiger partial charge is 0.496 e. The van der Waals surface area contributed by atoms with E-state index in [9.17, 15) is 13.2 Å². The Morgan fingerprint density at radius 1 is 1.13 bits per heavy atom. The Morgan fingerprint density at radius 3 is 2.30 bits per heavy atom. The van der Waals surface area contributed by atoms with Crippen molar-refractivity contribution in [2.75, 3.05) is 11.8 Å². The molecule has 5 nitrogen and oxygen atoms in total. The molecule has 0 aliphatic carbocycles. The second-order valence-corrected chi connectivity index (χ2v) is 6.75. The lowest BCUT2D eigenvalue weighted by Gasteiger charge is -2.12. The van der Waals surface area contributed by atoms with Crippen molar-refractivity contribution in [2.24, 2.45) is 0 Å². The third kappa shape index (κ3) is 3.90. The molecule has 0 aliphatic heterocycles. The first-order valence-corrected chi connectivity index (χ1v) is 8.66. The van der Waals surface area contributed by atoms with E-state index in [-0.39, 0.29) is 10.7 Å². The molecule has 0 saturated heterocycles. The summed E-state index contributed by atoms with van der Waals surface area (Å²) >= 11 is 0. The number of benzene rings is 2. The minimum absolute atomic E-state index is 0.0675. The average molecular weight is 333 g/mol. The van der Waals surface area contributed by atoms with Crippen LogP contribution in [-0.4, -0.2) is 21.3 Å². The molecule has 0 atom stereocenters. The van der Waals surface area contributed by atoms with E-state index in [1.54, 1.807) is 43.5 Å². The van der Waals surface area contributed by atoms with E-state index in [1.807, 2.05) is 6.92 Å². The Bertz CT molecular complexity index is 811. The molecular weight excluding hydrogens is 314 g/mol. The molecule has 0 bridgehead atoms. The van der Waals surface area contributed by atoms with Gasteiger partial charge in [0.05, 0.1) is 12.0 Å². The van der Waals surface area contributed by atoms with Crippen LogP contribution in [0.25, 0.3) is 0 Å². The van der Waals surface area contributed by atoms with Crippen molar-refractivity contribution in [1.29, 1.82) is 0 Å². The minimum Gasteiger partial charge on any atom is -0.496 e. The highest BCUT2D eigenvalue weighted by Crippen LogP contribution is 2.24. The maximum Gasteiger partial charge on any atom is 0.261 e. The zero-order chi connectivity index (χ0) is 17.0. The Morgan fingerprint density at radius 2 is 1.78 bits per heavy atom. The van der Waals surface area contributed by atoms with Crippen molar-refractivity contribution in [3.8, 4) is 5.75 Å². The number of methoxy groups -OCH3 is 1. The molecule has 2 aromatic carbocycles. The first kappa shape index (κ1) is 17.0. The van der Waals surface area contributed by atoms with E-state index in [4.69, 9.17) is 4.74 Å². The maximum absolute atomic E-state index is 12.5. The molecule has 23 heavy (non-hydrogen) atoms. The van der Waals surface area contributed by atoms with Crippen LogP contribution in [0.5, 0.6) is 5.75 Å². The third-order valence-corrected chi connectivity index (χ3v) is 4.87. The molecule has 1 N–H and O–H groups in total. The number of ketones is 1. The number of carbonyl (C=O) groups excluding carboxylic acids is 1. The van der Waals surface area contributed by atoms with Crippen molar-refractivity contribution in [1.82, 2.24) is 0 Å². The molecule has 0 aliphatic rings. The lowest BCUT2D eigenvalue weighted by atomic mass is 10.1. The summed E-state index contributed by atoms with van der Waals surface area (Å²) in [4.78, 5) is 11.4. The number of anilines is 1. The summed E-state index contributed by atoms with van der Waals surface area (Å²) in [6.07, 6.45) is 0.667. The zero-order valence-corrected chi connectivity index (χ0v) is 14.1. The first-order valence-electron chi connectivity index (χ1n) is 7.18. The van der Waals surface area contributed by atoms with Gasteiger partial charge in [-0.2, -0.15) is 0 Å². The van der Waals surface area contributed by atoms with Crippen molar-refractivity contribution in [3.05, 3.63) is 53.6 Å². The van der Waals surface area contributed by atoms with E-state index in [1.165, 1.54) is 13.0 Å². The van der Waals surface area contributed by atoms with Gasteiger partial charge in [-0.25, -0.2) is 8.42 Å². The van der Waals surface area contributed by atoms with Gasteiger partial charge in [0.1, 0.15) is 5.75 Å². The summed E-state index contributed by atoms with van der Waals surface area (Å²) in [6, 6.07) is 11.1. The predicted octanol–water partition coefficient (Wildman–Crippen LogP) is 3.26. The molecule has 0 fully saturated rings. The van der Waals surface area contributed by atoms with Crippen LogP contribution in [-0.2, 0) is 16.4 Å². The standard InChI is InChI=1S/C17H19NO4S/c1-4-13-11-16(9-10-17(13)22-3)23(20,21)18-15-7-5-14(6-8-15)12(2)19/h5-11,18H,4H2,1-3H3. The zero-order valence-electron chi connectivity index (χ0n) is 13.3. The monoisotopic (exact) mass is 333 g/mol. The van der Waals surface area contributed by atoms with Gasteiger partial charge in [0.15, 0.2) is 5.78 Å². The van der Waals surface area contributed by atoms with Crippen molar-refractivity contribution in [3.63, 3.8) is 0 Å². The normalized spacial score (nSPS) is 11.1. The second-order valence-electron chi connectivity index (χ2n) is 5.07. The quantitative estimate of drug-likeness (QED) is 0.824. The fourth-order valence-corrected chi connectivity index (χ4v) is 3.29. The molecule has 2 rings (SSSR count). The number of ether oxygens (including phenoxy) is 1. The van der Waals surface area contributed by atoms with E-state index >= 15 is 0 Å². The van der Waals surface area contributed by atoms with E-state index in [0.29, 0.717) is 23.4 Å². The van der Waals surface area contributed by atoms with Crippen LogP contribution in [0.3, 0.4) is 0 Å². The lowest BCUT2D eigenvalue weighted by molar-refractivity contribution is 0.101. The lowest BCUT2D eigenvalue weighted by Crippen LogP contribution is -2.13. The molecular formula is C17H19NO4S. The van der Waals surface area contributed by atoms with Crippen LogP contribution in [0, 0.1) is 0 Å². The number of hydrogen-bond donors (Lipinski definition) is 1. The maximum atomic E-state index is 12.5. The van der Waals surface area contributed by atoms with Crippen LogP contribution in [0.1, 0.15) is 29.8 Å². The SMILES string of the molecule is CCc1cc(S(=O)(=O)Nc2ccc(C(C)=O)cc2)ccc1OC. The molecule has 0 radical (unpaired) electrons. The summed E-state index contributed by atoms with van der Waals surface area (Å²) in [7, 11) is -2.14. The molecule has 0 spiro atoms. The van der Waals surface area contributed by atoms with Crippen LogP contribution in [0.2, 0.25) is 0 Å². The highest BCUT2D eigenvalue weighted by Gasteiger charge is 2.16. The van der Waals surface area contributed by atoms with Crippen LogP contribution < -0.4 is 9.46 Å². The number of carbonyl (C=O) groups is 1. The van der Waals surface area contributed by atoms with Gasteiger partial charge < -0.3 is 4.74 Å². The summed E-state index contributed by atoms with van der Waals surface area (Å²) in [6.45, 7) is 3.39. The molecule has 0 aromatic heterocycles. The van der Waals surface area contributed by atoms with Gasteiger partial charge in [-0.1, -0.05) is 6.92 Å². The fraction of sp³-hybridized carbons (Fsp3) is 0.235. The highest BCUT2D eigenvalue weighted by atomic mass is 32.2. The first-order chi connectivity index (χ1) is 10.9. The van der Waals surface area contributed by atoms with Gasteiger partial charge in [0.2, 0.25) is 0 Å². The Hall–Kier alpha value is -2.34. The van der Waals surface area contributed by atoms with Gasteiger partial charge in [0.25, 0.3) is 10.0 Å². The summed E-state index contributed by atoms with van der Waals surface area (Å²) < 4.78 is 32.7. The second kappa shape index (κ2) is 6.83. The topological polar surface area (TPSA) is 72.5 Å². The predicted molar refractivity (Wildman–Crippen MR) is 89.6 cm³/mol. The number of rotatable bonds is 6. The fourth-order valence-electron chi connectivity index (χ4n) is 2.19. The Labute approximate surface area is 136 Å². The molecule has 0 unspecified atom stereocenters. The number of Topliss-reactive ketones (excluding diaryl/α,β-unsaturated/α-hetero) is 1. The highest BCUT2D eigenvalue weighted by molar-refractivity contribution is 7.92. The molecule has 0 amide bonds. The molecule has 122 valence electrons. The van der Waals surface area contributed by atoms with Crippen molar-refractivity contribution < 1.29 is 17.9 Å². The Balaban J connectivity index is 2.29. The number of hydrogen-bond acceptors (Lipinski definition) is 4. The van der Waals surface area contributed by atoms with Gasteiger partial charge in [-0.3, -0.25) is 9.52 Å². The van der Waals surface area contributed by atoms with Crippen molar-refractivity contribution >= 4 is 21.5 Å². The Kier molecular flexibility index (Phi) is 5.05. The van der Waals surface area contributed by atoms with Crippen LogP contribution in [0.15, 0.2) is 47.4 Å². The summed E-state index contributed by atoms with van der Waals surface area (Å²) in [5.41, 5.74) is 1.76. The minimum atomic E-state index is -3.69. The summed E-state index contributed by atoms with van der Waals surface area (Å²) in [5, 5.41) is 0. The van der Waals surface area contributed by atoms with Gasteiger partial charge in [0, 0.05) is 11.3 Å². The molecule has 2 aromatic rings. The van der Waals surface area contributed by atoms with Crippen LogP contribution >= 0.6 is 0 Å². The molecule has 0 saturated carbocycles. The van der Waals surface area contributed by atoms with Gasteiger partial charge in [-0.05, 0) is 61.4 Å². The van der Waals surface area contributed by atoms with Gasteiger partial charge in [-0.15, -0.1) is 0 Å². The molecule has 6 heteroatoms. The van der Waals surface area contributed by atoms with E-state index < -0.39 is 10.0 Å². The molecule has 0 heterocycles. The smallest absolute Gasteiger partial charge is 0.261 e. The third-order valence-electron chi connectivity index (χ3n) is 3.49. The van der Waals surface area contributed by atoms with Gasteiger partial charge >= 0.3 is 0 Å². The number of nitrogens with one attached hydrogen (secondary N) is 1. The van der Waals surface area contributed by atoms with Crippen LogP contribution in [0.4, 0.5) is 5.69 Å². The van der Waals surface area contributed by atoms with Crippen molar-refractivity contribution in [2.45, 2.75) is 25.2 Å². The average Bonchev–Trinajstić information content (AvgIpc) is 2.54. The number of sulfonamides is 1. The van der Waals surface area contributed by atoms with E-state index in [0.717, 1.165) is 5.56 Å².